The summed E-state index contributed by atoms with van der Waals surface area (Å²) in [5, 5.41) is 0. The lowest BCUT2D eigenvalue weighted by atomic mass is 10.1. The molecule has 0 spiro atoms. The molecule has 1 heteroatoms. The highest BCUT2D eigenvalue weighted by Crippen LogP contribution is 2.20. The number of hydrogen-bond acceptors (Lipinski definition) is 0. The van der Waals surface area contributed by atoms with Crippen LogP contribution in [0.5, 0.6) is 0 Å². The number of allylic oxidation sites excluding steroid dienone is 6. The summed E-state index contributed by atoms with van der Waals surface area (Å²) in [5.74, 6) is 0. The van der Waals surface area contributed by atoms with E-state index in [1.807, 2.05) is 0 Å². The van der Waals surface area contributed by atoms with Crippen molar-refractivity contribution in [3.05, 3.63) is 34.4 Å². The van der Waals surface area contributed by atoms with Gasteiger partial charge in [0.2, 0.25) is 0 Å². The van der Waals surface area contributed by atoms with Gasteiger partial charge in [0.05, 0.1) is 0 Å². The van der Waals surface area contributed by atoms with Gasteiger partial charge in [-0.2, -0.15) is 0 Å². The van der Waals surface area contributed by atoms with Crippen molar-refractivity contribution in [2.24, 2.45) is 0 Å². The monoisotopic (exact) mass is 212 g/mol. The van der Waals surface area contributed by atoms with E-state index in [2.05, 4.69) is 47.2 Å². The van der Waals surface area contributed by atoms with Crippen LogP contribution in [0.4, 0.5) is 0 Å². The molecule has 0 saturated heterocycles. The smallest absolute Gasteiger partial charge is 0.0174 e. The molecule has 0 bridgehead atoms. The fourth-order valence-electron chi connectivity index (χ4n) is 1.06. The zero-order chi connectivity index (χ0) is 8.10. The van der Waals surface area contributed by atoms with Crippen LogP contribution >= 0.6 is 15.9 Å². The Morgan fingerprint density at radius 3 is 3.09 bits per heavy atom. The molecule has 0 heterocycles. The Hall–Kier alpha value is -0.300. The number of rotatable bonds is 2. The molecular formula is C10H13Br. The van der Waals surface area contributed by atoms with Gasteiger partial charge in [0, 0.05) is 4.48 Å². The van der Waals surface area contributed by atoms with Crippen molar-refractivity contribution >= 4 is 15.9 Å². The summed E-state index contributed by atoms with van der Waals surface area (Å²) in [7, 11) is 0. The first-order valence-corrected chi connectivity index (χ1v) is 4.85. The lowest BCUT2D eigenvalue weighted by Gasteiger charge is -2.03. The third-order valence-corrected chi connectivity index (χ3v) is 2.14. The molecule has 0 aromatic heterocycles. The zero-order valence-corrected chi connectivity index (χ0v) is 8.39. The summed E-state index contributed by atoms with van der Waals surface area (Å²) in [4.78, 5) is 0. The largest absolute Gasteiger partial charge is 0.0810 e. The zero-order valence-electron chi connectivity index (χ0n) is 6.81. The molecule has 1 aliphatic rings. The molecule has 0 atom stereocenters. The number of hydrogen-bond donors (Lipinski definition) is 0. The Bertz CT molecular complexity index is 209. The number of halogens is 1. The minimum atomic E-state index is 1.09. The maximum absolute atomic E-state index is 3.45. The van der Waals surface area contributed by atoms with Crippen LogP contribution in [0, 0.1) is 0 Å². The Balaban J connectivity index is 2.55. The van der Waals surface area contributed by atoms with E-state index in [1.165, 1.54) is 22.9 Å². The van der Waals surface area contributed by atoms with Crippen molar-refractivity contribution in [2.45, 2.75) is 26.2 Å². The van der Waals surface area contributed by atoms with Gasteiger partial charge < -0.3 is 0 Å². The van der Waals surface area contributed by atoms with Crippen molar-refractivity contribution in [3.63, 3.8) is 0 Å². The van der Waals surface area contributed by atoms with E-state index in [0.717, 1.165) is 6.42 Å². The molecule has 1 rings (SSSR count). The van der Waals surface area contributed by atoms with Gasteiger partial charge in [-0.15, -0.1) is 0 Å². The average molecular weight is 213 g/mol. The highest BCUT2D eigenvalue weighted by Gasteiger charge is 1.96. The molecule has 0 radical (unpaired) electrons. The van der Waals surface area contributed by atoms with Gasteiger partial charge in [-0.05, 0) is 24.5 Å². The minimum absolute atomic E-state index is 1.09. The van der Waals surface area contributed by atoms with Gasteiger partial charge >= 0.3 is 0 Å². The summed E-state index contributed by atoms with van der Waals surface area (Å²) < 4.78 is 1.19. The first kappa shape index (κ1) is 8.79. The normalized spacial score (nSPS) is 20.5. The van der Waals surface area contributed by atoms with Crippen LogP contribution in [-0.2, 0) is 0 Å². The van der Waals surface area contributed by atoms with Gasteiger partial charge in [-0.1, -0.05) is 47.5 Å². The predicted molar refractivity (Wildman–Crippen MR) is 53.8 cm³/mol. The van der Waals surface area contributed by atoms with Crippen molar-refractivity contribution in [2.75, 3.05) is 0 Å². The van der Waals surface area contributed by atoms with Crippen LogP contribution in [-0.4, -0.2) is 0 Å². The molecule has 0 nitrogen and oxygen atoms in total. The average Bonchev–Trinajstić information content (AvgIpc) is 2.01. The van der Waals surface area contributed by atoms with E-state index < -0.39 is 0 Å². The van der Waals surface area contributed by atoms with Gasteiger partial charge in [0.1, 0.15) is 0 Å². The predicted octanol–water partition coefficient (Wildman–Crippen LogP) is 3.95. The van der Waals surface area contributed by atoms with Crippen LogP contribution < -0.4 is 0 Å². The Kier molecular flexibility index (Phi) is 3.64. The van der Waals surface area contributed by atoms with Crippen molar-refractivity contribution < 1.29 is 0 Å². The number of unbranched alkanes of at least 4 members (excludes halogenated alkanes) is 1. The van der Waals surface area contributed by atoms with Crippen LogP contribution in [0.15, 0.2) is 34.4 Å². The highest BCUT2D eigenvalue weighted by molar-refractivity contribution is 9.11. The van der Waals surface area contributed by atoms with Crippen LogP contribution in [0.2, 0.25) is 0 Å². The van der Waals surface area contributed by atoms with E-state index in [4.69, 9.17) is 0 Å². The first-order valence-electron chi connectivity index (χ1n) is 4.05. The second kappa shape index (κ2) is 4.55. The van der Waals surface area contributed by atoms with E-state index in [0.29, 0.717) is 0 Å². The van der Waals surface area contributed by atoms with Crippen LogP contribution in [0.3, 0.4) is 0 Å². The lowest BCUT2D eigenvalue weighted by Crippen LogP contribution is -1.82. The third kappa shape index (κ3) is 3.06. The first-order chi connectivity index (χ1) is 5.33. The quantitative estimate of drug-likeness (QED) is 0.651. The molecule has 0 unspecified atom stereocenters. The standard InChI is InChI=1S/C10H13Br/c1-2-3-5-9-6-4-7-10(11)8-9/h4-5,7-8H,2-3,6H2,1H3/b9-5-. The SMILES string of the molecule is CCC/C=C1\C=C(Br)C=CC1. The lowest BCUT2D eigenvalue weighted by molar-refractivity contribution is 0.947. The summed E-state index contributed by atoms with van der Waals surface area (Å²) >= 11 is 3.45. The molecule has 0 aliphatic heterocycles. The fraction of sp³-hybridized carbons (Fsp3) is 0.400. The van der Waals surface area contributed by atoms with Gasteiger partial charge in [0.25, 0.3) is 0 Å². The third-order valence-electron chi connectivity index (χ3n) is 1.65. The van der Waals surface area contributed by atoms with E-state index >= 15 is 0 Å². The summed E-state index contributed by atoms with van der Waals surface area (Å²) in [6.45, 7) is 2.20. The Labute approximate surface area is 76.8 Å². The summed E-state index contributed by atoms with van der Waals surface area (Å²) in [6.07, 6.45) is 12.3. The van der Waals surface area contributed by atoms with E-state index in [1.54, 1.807) is 0 Å². The minimum Gasteiger partial charge on any atom is -0.0810 e. The topological polar surface area (TPSA) is 0 Å². The molecule has 60 valence electrons. The van der Waals surface area contributed by atoms with Crippen molar-refractivity contribution in [1.82, 2.24) is 0 Å². The van der Waals surface area contributed by atoms with Crippen molar-refractivity contribution in [3.8, 4) is 0 Å². The van der Waals surface area contributed by atoms with Gasteiger partial charge in [-0.25, -0.2) is 0 Å². The van der Waals surface area contributed by atoms with E-state index in [-0.39, 0.29) is 0 Å². The van der Waals surface area contributed by atoms with Crippen molar-refractivity contribution in [1.29, 1.82) is 0 Å². The summed E-state index contributed by atoms with van der Waals surface area (Å²) in [5.41, 5.74) is 1.43. The molecular weight excluding hydrogens is 200 g/mol. The highest BCUT2D eigenvalue weighted by atomic mass is 79.9. The van der Waals surface area contributed by atoms with Crippen LogP contribution in [0.1, 0.15) is 26.2 Å². The molecule has 0 saturated carbocycles. The second-order valence-corrected chi connectivity index (χ2v) is 3.62. The molecule has 0 aromatic rings. The van der Waals surface area contributed by atoms with Crippen LogP contribution in [0.25, 0.3) is 0 Å². The summed E-state index contributed by atoms with van der Waals surface area (Å²) in [6, 6.07) is 0. The second-order valence-electron chi connectivity index (χ2n) is 2.70. The van der Waals surface area contributed by atoms with Gasteiger partial charge in [-0.3, -0.25) is 0 Å². The molecule has 0 amide bonds. The Morgan fingerprint density at radius 2 is 2.45 bits per heavy atom. The molecule has 0 fully saturated rings. The maximum Gasteiger partial charge on any atom is 0.0174 e. The maximum atomic E-state index is 3.45. The Morgan fingerprint density at radius 1 is 1.64 bits per heavy atom. The fourth-order valence-corrected chi connectivity index (χ4v) is 1.54. The van der Waals surface area contributed by atoms with Gasteiger partial charge in [0.15, 0.2) is 0 Å². The molecule has 0 N–H and O–H groups in total. The molecule has 1 aliphatic carbocycles. The van der Waals surface area contributed by atoms with E-state index in [9.17, 15) is 0 Å². The molecule has 11 heavy (non-hydrogen) atoms. The molecule has 0 aromatic carbocycles.